The van der Waals surface area contributed by atoms with Crippen molar-refractivity contribution in [3.05, 3.63) is 40.3 Å². The molecule has 1 saturated heterocycles. The summed E-state index contributed by atoms with van der Waals surface area (Å²) in [7, 11) is -2.38. The molecule has 1 N–H and O–H groups in total. The maximum absolute atomic E-state index is 12.6. The van der Waals surface area contributed by atoms with Gasteiger partial charge in [-0.25, -0.2) is 13.1 Å². The van der Waals surface area contributed by atoms with Gasteiger partial charge >= 0.3 is 0 Å². The molecule has 3 heterocycles. The van der Waals surface area contributed by atoms with Crippen molar-refractivity contribution < 1.29 is 17.6 Å². The third-order valence-electron chi connectivity index (χ3n) is 3.74. The van der Waals surface area contributed by atoms with Gasteiger partial charge in [0.05, 0.1) is 11.6 Å². The summed E-state index contributed by atoms with van der Waals surface area (Å²) in [5.74, 6) is -0.197. The van der Waals surface area contributed by atoms with Crippen molar-refractivity contribution >= 4 is 27.3 Å². The highest BCUT2D eigenvalue weighted by molar-refractivity contribution is 7.89. The Labute approximate surface area is 132 Å². The molecule has 118 valence electrons. The Morgan fingerprint density at radius 2 is 2.32 bits per heavy atom. The molecule has 0 radical (unpaired) electrons. The van der Waals surface area contributed by atoms with Gasteiger partial charge in [0.25, 0.3) is 15.9 Å². The van der Waals surface area contributed by atoms with Crippen molar-refractivity contribution in [3.63, 3.8) is 0 Å². The molecule has 3 rings (SSSR count). The molecule has 1 aliphatic heterocycles. The summed E-state index contributed by atoms with van der Waals surface area (Å²) >= 11 is 1.63. The summed E-state index contributed by atoms with van der Waals surface area (Å²) in [6.07, 6.45) is 3.07. The van der Waals surface area contributed by atoms with Crippen LogP contribution in [0.1, 0.15) is 34.1 Å². The number of nitrogens with one attached hydrogen (secondary N) is 1. The number of rotatable bonds is 4. The summed E-state index contributed by atoms with van der Waals surface area (Å²) < 4.78 is 30.6. The van der Waals surface area contributed by atoms with Gasteiger partial charge < -0.3 is 9.32 Å². The van der Waals surface area contributed by atoms with E-state index >= 15 is 0 Å². The minimum absolute atomic E-state index is 0.0618. The zero-order valence-electron chi connectivity index (χ0n) is 12.0. The number of hydrogen-bond donors (Lipinski definition) is 1. The molecule has 1 amide bonds. The highest BCUT2D eigenvalue weighted by Crippen LogP contribution is 2.35. The standard InChI is InChI=1S/C14H16N2O4S2/c1-15-22(18,19)13-8-10(9-20-13)14(17)16-6-2-4-11(16)12-5-3-7-21-12/h3,5,7-9,11,15H,2,4,6H2,1H3. The van der Waals surface area contributed by atoms with Gasteiger partial charge in [-0.3, -0.25) is 4.79 Å². The zero-order valence-corrected chi connectivity index (χ0v) is 13.6. The molecule has 0 aromatic carbocycles. The molecule has 0 aliphatic carbocycles. The minimum Gasteiger partial charge on any atom is -0.451 e. The summed E-state index contributed by atoms with van der Waals surface area (Å²) in [6.45, 7) is 0.667. The lowest BCUT2D eigenvalue weighted by molar-refractivity contribution is 0.0737. The lowest BCUT2D eigenvalue weighted by Gasteiger charge is -2.23. The fourth-order valence-electron chi connectivity index (χ4n) is 2.62. The van der Waals surface area contributed by atoms with Crippen molar-refractivity contribution in [2.24, 2.45) is 0 Å². The average molecular weight is 340 g/mol. The summed E-state index contributed by atoms with van der Waals surface area (Å²) in [5, 5.41) is 1.75. The topological polar surface area (TPSA) is 79.6 Å². The molecule has 22 heavy (non-hydrogen) atoms. The van der Waals surface area contributed by atoms with E-state index in [1.54, 1.807) is 16.2 Å². The van der Waals surface area contributed by atoms with E-state index in [4.69, 9.17) is 4.42 Å². The molecule has 0 spiro atoms. The molecule has 6 nitrogen and oxygen atoms in total. The lowest BCUT2D eigenvalue weighted by Crippen LogP contribution is -2.29. The number of nitrogens with zero attached hydrogens (tertiary/aromatic N) is 1. The molecular weight excluding hydrogens is 324 g/mol. The monoisotopic (exact) mass is 340 g/mol. The molecule has 1 aliphatic rings. The zero-order chi connectivity index (χ0) is 15.7. The highest BCUT2D eigenvalue weighted by atomic mass is 32.2. The van der Waals surface area contributed by atoms with Crippen LogP contribution in [0.15, 0.2) is 39.4 Å². The number of likely N-dealkylation sites (tertiary alicyclic amines) is 1. The normalized spacial score (nSPS) is 18.8. The first-order chi connectivity index (χ1) is 10.5. The van der Waals surface area contributed by atoms with Crippen LogP contribution >= 0.6 is 11.3 Å². The minimum atomic E-state index is -3.68. The van der Waals surface area contributed by atoms with Gasteiger partial charge in [0.15, 0.2) is 0 Å². The Balaban J connectivity index is 1.85. The maximum Gasteiger partial charge on any atom is 0.273 e. The first-order valence-corrected chi connectivity index (χ1v) is 9.25. The summed E-state index contributed by atoms with van der Waals surface area (Å²) in [4.78, 5) is 15.6. The van der Waals surface area contributed by atoms with Crippen molar-refractivity contribution in [2.75, 3.05) is 13.6 Å². The number of hydrogen-bond acceptors (Lipinski definition) is 5. The van der Waals surface area contributed by atoms with Crippen molar-refractivity contribution in [3.8, 4) is 0 Å². The molecule has 8 heteroatoms. The van der Waals surface area contributed by atoms with Crippen LogP contribution in [0.2, 0.25) is 0 Å². The van der Waals surface area contributed by atoms with Crippen LogP contribution in [0.3, 0.4) is 0 Å². The van der Waals surface area contributed by atoms with Crippen LogP contribution in [0.5, 0.6) is 0 Å². The third kappa shape index (κ3) is 2.69. The van der Waals surface area contributed by atoms with E-state index < -0.39 is 10.0 Å². The van der Waals surface area contributed by atoms with E-state index in [-0.39, 0.29) is 22.6 Å². The third-order valence-corrected chi connectivity index (χ3v) is 6.00. The number of furan rings is 1. The Morgan fingerprint density at radius 1 is 1.50 bits per heavy atom. The van der Waals surface area contributed by atoms with Crippen LogP contribution in [0, 0.1) is 0 Å². The summed E-state index contributed by atoms with van der Waals surface area (Å²) in [6, 6.07) is 5.33. The second-order valence-corrected chi connectivity index (χ2v) is 7.83. The van der Waals surface area contributed by atoms with E-state index in [9.17, 15) is 13.2 Å². The molecular formula is C14H16N2O4S2. The fourth-order valence-corrected chi connectivity index (χ4v) is 4.15. The number of carbonyl (C=O) groups excluding carboxylic acids is 1. The van der Waals surface area contributed by atoms with Crippen molar-refractivity contribution in [1.82, 2.24) is 9.62 Å². The van der Waals surface area contributed by atoms with Crippen LogP contribution in [0.4, 0.5) is 0 Å². The Bertz CT molecular complexity index is 765. The van der Waals surface area contributed by atoms with Gasteiger partial charge in [-0.2, -0.15) is 0 Å². The molecule has 1 unspecified atom stereocenters. The predicted octanol–water partition coefficient (Wildman–Crippen LogP) is 2.23. The first kappa shape index (κ1) is 15.3. The van der Waals surface area contributed by atoms with Gasteiger partial charge in [0.1, 0.15) is 6.26 Å². The molecule has 0 bridgehead atoms. The maximum atomic E-state index is 12.6. The number of carbonyl (C=O) groups is 1. The van der Waals surface area contributed by atoms with Crippen LogP contribution < -0.4 is 4.72 Å². The number of thiophene rings is 1. The van der Waals surface area contributed by atoms with E-state index in [1.807, 2.05) is 17.5 Å². The lowest BCUT2D eigenvalue weighted by atomic mass is 10.1. The van der Waals surface area contributed by atoms with Crippen LogP contribution in [-0.4, -0.2) is 32.8 Å². The van der Waals surface area contributed by atoms with Crippen LogP contribution in [-0.2, 0) is 10.0 Å². The Hall–Kier alpha value is -1.64. The van der Waals surface area contributed by atoms with Gasteiger partial charge in [0.2, 0.25) is 5.09 Å². The van der Waals surface area contributed by atoms with E-state index in [2.05, 4.69) is 4.72 Å². The first-order valence-electron chi connectivity index (χ1n) is 6.89. The Morgan fingerprint density at radius 3 is 3.00 bits per heavy atom. The second-order valence-electron chi connectivity index (χ2n) is 5.03. The molecule has 1 fully saturated rings. The average Bonchev–Trinajstić information content (AvgIpc) is 3.25. The van der Waals surface area contributed by atoms with Gasteiger partial charge in [-0.15, -0.1) is 11.3 Å². The summed E-state index contributed by atoms with van der Waals surface area (Å²) in [5.41, 5.74) is 0.261. The van der Waals surface area contributed by atoms with Crippen LogP contribution in [0.25, 0.3) is 0 Å². The van der Waals surface area contributed by atoms with Gasteiger partial charge in [0, 0.05) is 17.5 Å². The smallest absolute Gasteiger partial charge is 0.273 e. The number of amides is 1. The van der Waals surface area contributed by atoms with E-state index in [1.165, 1.54) is 19.4 Å². The molecule has 2 aromatic rings. The fraction of sp³-hybridized carbons (Fsp3) is 0.357. The van der Waals surface area contributed by atoms with E-state index in [0.29, 0.717) is 6.54 Å². The van der Waals surface area contributed by atoms with Gasteiger partial charge in [-0.05, 0) is 31.3 Å². The predicted molar refractivity (Wildman–Crippen MR) is 82.3 cm³/mol. The largest absolute Gasteiger partial charge is 0.451 e. The van der Waals surface area contributed by atoms with Crippen molar-refractivity contribution in [1.29, 1.82) is 0 Å². The Kier molecular flexibility index (Phi) is 4.07. The molecule has 0 saturated carbocycles. The second kappa shape index (κ2) is 5.86. The van der Waals surface area contributed by atoms with Gasteiger partial charge in [-0.1, -0.05) is 6.07 Å². The molecule has 1 atom stereocenters. The SMILES string of the molecule is CNS(=O)(=O)c1cc(C(=O)N2CCCC2c2cccs2)co1. The number of sulfonamides is 1. The highest BCUT2D eigenvalue weighted by Gasteiger charge is 2.32. The molecule has 2 aromatic heterocycles. The van der Waals surface area contributed by atoms with Crippen molar-refractivity contribution in [2.45, 2.75) is 24.0 Å². The quantitative estimate of drug-likeness (QED) is 0.925. The van der Waals surface area contributed by atoms with E-state index in [0.717, 1.165) is 17.7 Å².